The predicted molar refractivity (Wildman–Crippen MR) is 117 cm³/mol. The number of thiophene rings is 1. The number of amides is 1. The summed E-state index contributed by atoms with van der Waals surface area (Å²) in [6.45, 7) is 0.384. The van der Waals surface area contributed by atoms with Crippen molar-refractivity contribution in [1.29, 1.82) is 0 Å². The lowest BCUT2D eigenvalue weighted by molar-refractivity contribution is -0.115. The fraction of sp³-hybridized carbons (Fsp3) is 0.222. The molecule has 1 aliphatic heterocycles. The SMILES string of the molecule is O=C(Cc1csc(-c2ccc(Cl)s2)n1)Nc1cc(N2CCCS2(=O)=O)ccc1O. The molecule has 1 saturated heterocycles. The van der Waals surface area contributed by atoms with Gasteiger partial charge < -0.3 is 10.4 Å². The van der Waals surface area contributed by atoms with E-state index in [1.54, 1.807) is 11.4 Å². The predicted octanol–water partition coefficient (Wildman–Crippen LogP) is 3.95. The number of phenols is 1. The quantitative estimate of drug-likeness (QED) is 0.551. The number of carbonyl (C=O) groups excluding carboxylic acids is 1. The first kappa shape index (κ1) is 20.1. The second-order valence-electron chi connectivity index (χ2n) is 6.42. The third kappa shape index (κ3) is 4.40. The topological polar surface area (TPSA) is 99.6 Å². The maximum atomic E-state index is 12.4. The molecule has 0 saturated carbocycles. The molecule has 7 nitrogen and oxygen atoms in total. The number of nitrogens with zero attached hydrogens (tertiary/aromatic N) is 2. The van der Waals surface area contributed by atoms with Gasteiger partial charge in [-0.15, -0.1) is 22.7 Å². The first-order valence-electron chi connectivity index (χ1n) is 8.65. The van der Waals surface area contributed by atoms with Crippen LogP contribution in [-0.2, 0) is 21.2 Å². The second kappa shape index (κ2) is 7.94. The van der Waals surface area contributed by atoms with E-state index in [9.17, 15) is 18.3 Å². The molecule has 11 heteroatoms. The lowest BCUT2D eigenvalue weighted by atomic mass is 10.2. The highest BCUT2D eigenvalue weighted by Gasteiger charge is 2.29. The Balaban J connectivity index is 1.47. The molecule has 1 amide bonds. The number of carbonyl (C=O) groups is 1. The van der Waals surface area contributed by atoms with Crippen LogP contribution in [0.1, 0.15) is 12.1 Å². The summed E-state index contributed by atoms with van der Waals surface area (Å²) in [5, 5.41) is 15.3. The van der Waals surface area contributed by atoms with Gasteiger partial charge >= 0.3 is 0 Å². The van der Waals surface area contributed by atoms with E-state index in [0.717, 1.165) is 9.88 Å². The highest BCUT2D eigenvalue weighted by Crippen LogP contribution is 2.34. The van der Waals surface area contributed by atoms with Crippen molar-refractivity contribution < 1.29 is 18.3 Å². The lowest BCUT2D eigenvalue weighted by Crippen LogP contribution is -2.25. The molecule has 0 spiro atoms. The maximum Gasteiger partial charge on any atom is 0.235 e. The van der Waals surface area contributed by atoms with Gasteiger partial charge in [0.1, 0.15) is 10.8 Å². The number of aromatic hydroxyl groups is 1. The van der Waals surface area contributed by atoms with Gasteiger partial charge in [-0.1, -0.05) is 11.6 Å². The van der Waals surface area contributed by atoms with E-state index in [0.29, 0.717) is 28.7 Å². The third-order valence-corrected chi connectivity index (χ3v) is 8.48. The molecular weight excluding hydrogens is 454 g/mol. The van der Waals surface area contributed by atoms with Crippen LogP contribution in [-0.4, -0.2) is 36.7 Å². The highest BCUT2D eigenvalue weighted by molar-refractivity contribution is 7.93. The van der Waals surface area contributed by atoms with Crippen molar-refractivity contribution in [1.82, 2.24) is 4.98 Å². The van der Waals surface area contributed by atoms with Crippen LogP contribution in [0, 0.1) is 0 Å². The minimum Gasteiger partial charge on any atom is -0.506 e. The Bertz CT molecular complexity index is 1170. The van der Waals surface area contributed by atoms with Gasteiger partial charge in [0.2, 0.25) is 15.9 Å². The maximum absolute atomic E-state index is 12.4. The number of thiazole rings is 1. The first-order valence-corrected chi connectivity index (χ1v) is 12.3. The molecule has 2 N–H and O–H groups in total. The largest absolute Gasteiger partial charge is 0.506 e. The van der Waals surface area contributed by atoms with Gasteiger partial charge in [-0.25, -0.2) is 13.4 Å². The third-order valence-electron chi connectivity index (χ3n) is 4.32. The molecular formula is C18H16ClN3O4S3. The van der Waals surface area contributed by atoms with Crippen LogP contribution in [0.3, 0.4) is 0 Å². The number of benzene rings is 1. The Hall–Kier alpha value is -2.14. The summed E-state index contributed by atoms with van der Waals surface area (Å²) >= 11 is 8.79. The van der Waals surface area contributed by atoms with Gasteiger partial charge in [-0.3, -0.25) is 9.10 Å². The van der Waals surface area contributed by atoms with E-state index >= 15 is 0 Å². The van der Waals surface area contributed by atoms with Crippen molar-refractivity contribution in [3.8, 4) is 15.6 Å². The zero-order valence-corrected chi connectivity index (χ0v) is 18.2. The number of rotatable bonds is 5. The molecule has 29 heavy (non-hydrogen) atoms. The summed E-state index contributed by atoms with van der Waals surface area (Å²) < 4.78 is 26.2. The Labute approximate surface area is 180 Å². The van der Waals surface area contributed by atoms with Gasteiger partial charge in [-0.05, 0) is 36.8 Å². The van der Waals surface area contributed by atoms with Crippen LogP contribution in [0.4, 0.5) is 11.4 Å². The van der Waals surface area contributed by atoms with Crippen molar-refractivity contribution >= 4 is 61.6 Å². The summed E-state index contributed by atoms with van der Waals surface area (Å²) in [4.78, 5) is 17.8. The standard InChI is InChI=1S/C18H16ClN3O4S3/c19-16-5-4-15(28-16)18-20-11(10-27-18)8-17(24)21-13-9-12(2-3-14(13)23)22-6-1-7-29(22,25)26/h2-5,9-10,23H,1,6-8H2,(H,21,24). The Kier molecular flexibility index (Phi) is 5.52. The van der Waals surface area contributed by atoms with Crippen LogP contribution < -0.4 is 9.62 Å². The molecule has 4 rings (SSSR count). The van der Waals surface area contributed by atoms with Crippen LogP contribution in [0.15, 0.2) is 35.7 Å². The smallest absolute Gasteiger partial charge is 0.235 e. The van der Waals surface area contributed by atoms with Crippen LogP contribution in [0.2, 0.25) is 4.34 Å². The second-order valence-corrected chi connectivity index (χ2v) is 11.0. The summed E-state index contributed by atoms with van der Waals surface area (Å²) in [6, 6.07) is 8.04. The molecule has 0 atom stereocenters. The average molecular weight is 470 g/mol. The summed E-state index contributed by atoms with van der Waals surface area (Å²) in [6.07, 6.45) is 0.577. The van der Waals surface area contributed by atoms with Crippen molar-refractivity contribution in [3.63, 3.8) is 0 Å². The monoisotopic (exact) mass is 469 g/mol. The molecule has 0 unspecified atom stereocenters. The number of nitrogens with one attached hydrogen (secondary N) is 1. The molecule has 0 aliphatic carbocycles. The van der Waals surface area contributed by atoms with E-state index in [1.807, 2.05) is 6.07 Å². The molecule has 2 aromatic heterocycles. The van der Waals surface area contributed by atoms with Gasteiger partial charge in [0.05, 0.1) is 38.5 Å². The number of hydrogen-bond acceptors (Lipinski definition) is 7. The zero-order chi connectivity index (χ0) is 20.6. The summed E-state index contributed by atoms with van der Waals surface area (Å²) in [7, 11) is -3.35. The van der Waals surface area contributed by atoms with Crippen LogP contribution in [0.5, 0.6) is 5.75 Å². The first-order chi connectivity index (χ1) is 13.8. The molecule has 1 aliphatic rings. The fourth-order valence-corrected chi connectivity index (χ4v) is 6.49. The molecule has 152 valence electrons. The van der Waals surface area contributed by atoms with E-state index in [4.69, 9.17) is 11.6 Å². The van der Waals surface area contributed by atoms with E-state index < -0.39 is 10.0 Å². The number of sulfonamides is 1. The highest BCUT2D eigenvalue weighted by atomic mass is 35.5. The number of phenolic OH excluding ortho intramolecular Hbond substituents is 1. The van der Waals surface area contributed by atoms with Gasteiger partial charge in [0.15, 0.2) is 0 Å². The molecule has 0 radical (unpaired) electrons. The Morgan fingerprint density at radius 3 is 2.83 bits per heavy atom. The Morgan fingerprint density at radius 1 is 1.31 bits per heavy atom. The molecule has 0 bridgehead atoms. The van der Waals surface area contributed by atoms with Crippen LogP contribution in [0.25, 0.3) is 9.88 Å². The Morgan fingerprint density at radius 2 is 2.14 bits per heavy atom. The van der Waals surface area contributed by atoms with Crippen molar-refractivity contribution in [3.05, 3.63) is 45.7 Å². The van der Waals surface area contributed by atoms with Gasteiger partial charge in [0.25, 0.3) is 0 Å². The molecule has 3 heterocycles. The molecule has 1 fully saturated rings. The lowest BCUT2D eigenvalue weighted by Gasteiger charge is -2.18. The summed E-state index contributed by atoms with van der Waals surface area (Å²) in [5.41, 5.74) is 1.18. The number of hydrogen-bond donors (Lipinski definition) is 2. The van der Waals surface area contributed by atoms with E-state index in [1.165, 1.54) is 45.2 Å². The number of aromatic nitrogens is 1. The normalized spacial score (nSPS) is 15.6. The average Bonchev–Trinajstić information content (AvgIpc) is 3.37. The van der Waals surface area contributed by atoms with Crippen LogP contribution >= 0.6 is 34.3 Å². The number of halogens is 1. The van der Waals surface area contributed by atoms with E-state index in [2.05, 4.69) is 10.3 Å². The van der Waals surface area contributed by atoms with Gasteiger partial charge in [-0.2, -0.15) is 0 Å². The number of anilines is 2. The minimum absolute atomic E-state index is 0.0291. The zero-order valence-electron chi connectivity index (χ0n) is 15.0. The van der Waals surface area contributed by atoms with Gasteiger partial charge in [0, 0.05) is 11.9 Å². The fourth-order valence-electron chi connectivity index (χ4n) is 3.00. The van der Waals surface area contributed by atoms with Crippen molar-refractivity contribution in [2.75, 3.05) is 21.9 Å². The minimum atomic E-state index is -3.35. The summed E-state index contributed by atoms with van der Waals surface area (Å²) in [5.74, 6) is -0.398. The molecule has 1 aromatic carbocycles. The van der Waals surface area contributed by atoms with E-state index in [-0.39, 0.29) is 29.5 Å². The van der Waals surface area contributed by atoms with Crippen molar-refractivity contribution in [2.45, 2.75) is 12.8 Å². The molecule has 3 aromatic rings. The van der Waals surface area contributed by atoms with Crippen molar-refractivity contribution in [2.24, 2.45) is 0 Å².